The number of ketones is 1. The van der Waals surface area contributed by atoms with Crippen LogP contribution in [0.25, 0.3) is 0 Å². The van der Waals surface area contributed by atoms with Gasteiger partial charge in [-0.3, -0.25) is 4.79 Å². The molecule has 0 bridgehead atoms. The van der Waals surface area contributed by atoms with E-state index < -0.39 is 0 Å². The molecule has 0 atom stereocenters. The predicted molar refractivity (Wildman–Crippen MR) is 67.7 cm³/mol. The highest BCUT2D eigenvalue weighted by atomic mass is 16.5. The molecule has 0 unspecified atom stereocenters. The highest BCUT2D eigenvalue weighted by Crippen LogP contribution is 2.24. The number of aromatic hydroxyl groups is 1. The van der Waals surface area contributed by atoms with Crippen LogP contribution in [0.1, 0.15) is 37.6 Å². The van der Waals surface area contributed by atoms with Gasteiger partial charge < -0.3 is 9.84 Å². The van der Waals surface area contributed by atoms with Crippen LogP contribution >= 0.6 is 0 Å². The average Bonchev–Trinajstić information content (AvgIpc) is 2.28. The predicted octanol–water partition coefficient (Wildman–Crippen LogP) is 3.33. The van der Waals surface area contributed by atoms with Crippen molar-refractivity contribution >= 4 is 5.78 Å². The van der Waals surface area contributed by atoms with Crippen molar-refractivity contribution in [3.63, 3.8) is 0 Å². The Balaban J connectivity index is 2.75. The maximum Gasteiger partial charge on any atom is 0.166 e. The van der Waals surface area contributed by atoms with Crippen molar-refractivity contribution in [1.29, 1.82) is 0 Å². The molecule has 0 spiro atoms. The van der Waals surface area contributed by atoms with E-state index in [1.54, 1.807) is 19.1 Å². The van der Waals surface area contributed by atoms with Gasteiger partial charge in [-0.1, -0.05) is 12.5 Å². The van der Waals surface area contributed by atoms with Gasteiger partial charge in [0.25, 0.3) is 0 Å². The zero-order valence-electron chi connectivity index (χ0n) is 10.5. The molecular formula is C14H18O3. The molecular weight excluding hydrogens is 216 g/mol. The molecule has 3 heteroatoms. The van der Waals surface area contributed by atoms with E-state index >= 15 is 0 Å². The molecule has 0 saturated heterocycles. The summed E-state index contributed by atoms with van der Waals surface area (Å²) in [6.07, 6.45) is 2.33. The second kappa shape index (κ2) is 6.09. The van der Waals surface area contributed by atoms with Gasteiger partial charge in [-0.15, -0.1) is 0 Å². The molecule has 1 aromatic carbocycles. The lowest BCUT2D eigenvalue weighted by molar-refractivity contribution is 0.0985. The number of phenols is 1. The second-order valence-electron chi connectivity index (χ2n) is 4.05. The third-order valence-electron chi connectivity index (χ3n) is 2.33. The molecule has 17 heavy (non-hydrogen) atoms. The fourth-order valence-corrected chi connectivity index (χ4v) is 1.33. The standard InChI is InChI=1S/C14H18O3/c1-4-13(15)12-6-5-11(9-14(12)16)17-8-7-10(2)3/h5-7,9,16H,4,8H2,1-3H3. The van der Waals surface area contributed by atoms with Crippen LogP contribution in [0.15, 0.2) is 29.8 Å². The Morgan fingerprint density at radius 3 is 2.65 bits per heavy atom. The van der Waals surface area contributed by atoms with Gasteiger partial charge in [-0.25, -0.2) is 0 Å². The Hall–Kier alpha value is -1.77. The number of hydrogen-bond donors (Lipinski definition) is 1. The minimum absolute atomic E-state index is 0.0217. The van der Waals surface area contributed by atoms with E-state index in [4.69, 9.17) is 4.74 Å². The van der Waals surface area contributed by atoms with Crippen molar-refractivity contribution in [2.75, 3.05) is 6.61 Å². The monoisotopic (exact) mass is 234 g/mol. The summed E-state index contributed by atoms with van der Waals surface area (Å²) in [6, 6.07) is 4.77. The molecule has 0 fully saturated rings. The zero-order chi connectivity index (χ0) is 12.8. The first kappa shape index (κ1) is 13.3. The number of hydrogen-bond acceptors (Lipinski definition) is 3. The van der Waals surface area contributed by atoms with Gasteiger partial charge >= 0.3 is 0 Å². The zero-order valence-corrected chi connectivity index (χ0v) is 10.5. The summed E-state index contributed by atoms with van der Waals surface area (Å²) >= 11 is 0. The Morgan fingerprint density at radius 1 is 1.41 bits per heavy atom. The highest BCUT2D eigenvalue weighted by molar-refractivity contribution is 5.98. The molecule has 0 aliphatic heterocycles. The van der Waals surface area contributed by atoms with Crippen LogP contribution < -0.4 is 4.74 Å². The quantitative estimate of drug-likeness (QED) is 0.628. The van der Waals surface area contributed by atoms with Crippen molar-refractivity contribution in [2.45, 2.75) is 27.2 Å². The molecule has 1 rings (SSSR count). The van der Waals surface area contributed by atoms with Crippen molar-refractivity contribution < 1.29 is 14.6 Å². The first-order valence-corrected chi connectivity index (χ1v) is 5.67. The molecule has 0 aromatic heterocycles. The van der Waals surface area contributed by atoms with Gasteiger partial charge in [0.05, 0.1) is 5.56 Å². The van der Waals surface area contributed by atoms with Gasteiger partial charge in [-0.2, -0.15) is 0 Å². The van der Waals surface area contributed by atoms with E-state index in [9.17, 15) is 9.90 Å². The van der Waals surface area contributed by atoms with Crippen LogP contribution in [-0.4, -0.2) is 17.5 Å². The molecule has 92 valence electrons. The Kier molecular flexibility index (Phi) is 4.76. The fourth-order valence-electron chi connectivity index (χ4n) is 1.33. The van der Waals surface area contributed by atoms with Crippen LogP contribution in [-0.2, 0) is 0 Å². The average molecular weight is 234 g/mol. The number of carbonyl (C=O) groups excluding carboxylic acids is 1. The Labute approximate surface area is 102 Å². The van der Waals surface area contributed by atoms with Crippen LogP contribution in [0, 0.1) is 0 Å². The van der Waals surface area contributed by atoms with Crippen LogP contribution in [0.5, 0.6) is 11.5 Å². The number of phenolic OH excluding ortho intramolecular Hbond substituents is 1. The van der Waals surface area contributed by atoms with E-state index in [1.165, 1.54) is 11.6 Å². The summed E-state index contributed by atoms with van der Waals surface area (Å²) in [7, 11) is 0. The minimum Gasteiger partial charge on any atom is -0.507 e. The van der Waals surface area contributed by atoms with Crippen LogP contribution in [0.3, 0.4) is 0 Å². The molecule has 0 aliphatic rings. The first-order valence-electron chi connectivity index (χ1n) is 5.67. The van der Waals surface area contributed by atoms with Crippen molar-refractivity contribution in [3.8, 4) is 11.5 Å². The van der Waals surface area contributed by atoms with Crippen molar-refractivity contribution in [2.24, 2.45) is 0 Å². The largest absolute Gasteiger partial charge is 0.507 e. The molecule has 0 heterocycles. The molecule has 0 amide bonds. The van der Waals surface area contributed by atoms with E-state index in [-0.39, 0.29) is 11.5 Å². The van der Waals surface area contributed by atoms with E-state index in [0.717, 1.165) is 0 Å². The molecule has 0 saturated carbocycles. The minimum atomic E-state index is -0.0710. The van der Waals surface area contributed by atoms with Crippen LogP contribution in [0.4, 0.5) is 0 Å². The van der Waals surface area contributed by atoms with Gasteiger partial charge in [-0.05, 0) is 32.1 Å². The molecule has 1 N–H and O–H groups in total. The number of rotatable bonds is 5. The van der Waals surface area contributed by atoms with E-state index in [0.29, 0.717) is 24.3 Å². The molecule has 1 aromatic rings. The molecule has 3 nitrogen and oxygen atoms in total. The highest BCUT2D eigenvalue weighted by Gasteiger charge is 2.09. The first-order chi connectivity index (χ1) is 8.04. The number of benzene rings is 1. The van der Waals surface area contributed by atoms with Crippen molar-refractivity contribution in [1.82, 2.24) is 0 Å². The Bertz CT molecular complexity index is 429. The van der Waals surface area contributed by atoms with Gasteiger partial charge in [0, 0.05) is 12.5 Å². The lowest BCUT2D eigenvalue weighted by Crippen LogP contribution is -1.99. The van der Waals surface area contributed by atoms with Gasteiger partial charge in [0.2, 0.25) is 0 Å². The normalized spacial score (nSPS) is 9.82. The fraction of sp³-hybridized carbons (Fsp3) is 0.357. The van der Waals surface area contributed by atoms with Crippen molar-refractivity contribution in [3.05, 3.63) is 35.4 Å². The molecule has 0 aliphatic carbocycles. The third kappa shape index (κ3) is 3.94. The number of allylic oxidation sites excluding steroid dienone is 1. The topological polar surface area (TPSA) is 46.5 Å². The lowest BCUT2D eigenvalue weighted by Gasteiger charge is -2.07. The third-order valence-corrected chi connectivity index (χ3v) is 2.33. The van der Waals surface area contributed by atoms with E-state index in [2.05, 4.69) is 0 Å². The summed E-state index contributed by atoms with van der Waals surface area (Å²) in [5.41, 5.74) is 1.52. The summed E-state index contributed by atoms with van der Waals surface area (Å²) in [5.74, 6) is 0.470. The summed E-state index contributed by atoms with van der Waals surface area (Å²) in [5, 5.41) is 9.69. The number of ether oxygens (including phenoxy) is 1. The van der Waals surface area contributed by atoms with Crippen LogP contribution in [0.2, 0.25) is 0 Å². The second-order valence-corrected chi connectivity index (χ2v) is 4.05. The summed E-state index contributed by atoms with van der Waals surface area (Å²) in [4.78, 5) is 11.4. The molecule has 0 radical (unpaired) electrons. The van der Waals surface area contributed by atoms with Gasteiger partial charge in [0.15, 0.2) is 5.78 Å². The summed E-state index contributed by atoms with van der Waals surface area (Å²) < 4.78 is 5.42. The number of Topliss-reactive ketones (excluding diaryl/α,β-unsaturated/α-hetero) is 1. The maximum absolute atomic E-state index is 11.4. The summed E-state index contributed by atoms with van der Waals surface area (Å²) in [6.45, 7) is 6.21. The van der Waals surface area contributed by atoms with E-state index in [1.807, 2.05) is 19.9 Å². The Morgan fingerprint density at radius 2 is 2.12 bits per heavy atom. The van der Waals surface area contributed by atoms with Gasteiger partial charge in [0.1, 0.15) is 18.1 Å². The smallest absolute Gasteiger partial charge is 0.166 e. The SMILES string of the molecule is CCC(=O)c1ccc(OCC=C(C)C)cc1O. The number of carbonyl (C=O) groups is 1. The maximum atomic E-state index is 11.4. The lowest BCUT2D eigenvalue weighted by atomic mass is 10.1.